The van der Waals surface area contributed by atoms with Gasteiger partial charge in [-0.2, -0.15) is 18.6 Å². The van der Waals surface area contributed by atoms with Gasteiger partial charge in [0.1, 0.15) is 17.2 Å². The van der Waals surface area contributed by atoms with Crippen LogP contribution in [0.2, 0.25) is 5.02 Å². The zero-order valence-corrected chi connectivity index (χ0v) is 17.4. The molecule has 0 radical (unpaired) electrons. The van der Waals surface area contributed by atoms with Crippen molar-refractivity contribution in [2.75, 3.05) is 31.2 Å². The van der Waals surface area contributed by atoms with E-state index in [0.29, 0.717) is 28.5 Å². The molecule has 5 rings (SSSR count). The van der Waals surface area contributed by atoms with Crippen molar-refractivity contribution < 1.29 is 9.13 Å². The minimum Gasteiger partial charge on any atom is -0.379 e. The third-order valence-electron chi connectivity index (χ3n) is 6.02. The van der Waals surface area contributed by atoms with Crippen LogP contribution in [-0.4, -0.2) is 52.5 Å². The van der Waals surface area contributed by atoms with Gasteiger partial charge in [-0.15, -0.1) is 0 Å². The van der Waals surface area contributed by atoms with Crippen LogP contribution in [0.4, 0.5) is 10.2 Å². The van der Waals surface area contributed by atoms with Gasteiger partial charge in [0.2, 0.25) is 5.65 Å². The summed E-state index contributed by atoms with van der Waals surface area (Å²) in [6.45, 7) is 3.06. The lowest BCUT2D eigenvalue weighted by Gasteiger charge is -2.41. The topological polar surface area (TPSA) is 93.0 Å². The zero-order valence-electron chi connectivity index (χ0n) is 15.7. The number of piperidine rings is 1. The number of nitrogens with zero attached hydrogens (tertiary/aromatic N) is 4. The van der Waals surface area contributed by atoms with Crippen molar-refractivity contribution in [2.45, 2.75) is 18.9 Å². The van der Waals surface area contributed by atoms with Crippen LogP contribution in [-0.2, 0) is 4.74 Å². The Balaban J connectivity index is 0.00000205. The van der Waals surface area contributed by atoms with Gasteiger partial charge < -0.3 is 15.4 Å². The van der Waals surface area contributed by atoms with Crippen LogP contribution in [0, 0.1) is 11.2 Å². The minimum absolute atomic E-state index is 0. The van der Waals surface area contributed by atoms with E-state index < -0.39 is 5.82 Å². The molecule has 154 valence electrons. The molecule has 2 saturated heterocycles. The Kier molecular flexibility index (Phi) is 5.41. The predicted molar refractivity (Wildman–Crippen MR) is 115 cm³/mol. The maximum atomic E-state index is 14.3. The first kappa shape index (κ1) is 20.3. The molecule has 29 heavy (non-hydrogen) atoms. The fourth-order valence-corrected chi connectivity index (χ4v) is 4.48. The Hall–Kier alpha value is -1.94. The Labute approximate surface area is 179 Å². The number of halogens is 2. The van der Waals surface area contributed by atoms with E-state index in [1.807, 2.05) is 0 Å². The van der Waals surface area contributed by atoms with Crippen LogP contribution < -0.4 is 10.6 Å². The van der Waals surface area contributed by atoms with Crippen molar-refractivity contribution in [3.8, 4) is 11.3 Å². The quantitative estimate of drug-likeness (QED) is 0.641. The van der Waals surface area contributed by atoms with E-state index in [1.165, 1.54) is 6.07 Å². The first-order valence-electron chi connectivity index (χ1n) is 9.31. The molecule has 3 N–H and O–H groups in total. The summed E-state index contributed by atoms with van der Waals surface area (Å²) in [6.07, 6.45) is 3.63. The second-order valence-electron chi connectivity index (χ2n) is 7.57. The summed E-state index contributed by atoms with van der Waals surface area (Å²) in [5.41, 5.74) is 7.96. The van der Waals surface area contributed by atoms with Crippen molar-refractivity contribution >= 4 is 42.1 Å². The smallest absolute Gasteiger partial charge is 0.202 e. The van der Waals surface area contributed by atoms with E-state index in [1.54, 1.807) is 18.3 Å². The van der Waals surface area contributed by atoms with Crippen molar-refractivity contribution in [3.05, 3.63) is 35.2 Å². The average Bonchev–Trinajstić information content (AvgIpc) is 3.26. The first-order chi connectivity index (χ1) is 13.6. The highest BCUT2D eigenvalue weighted by Crippen LogP contribution is 2.39. The van der Waals surface area contributed by atoms with Gasteiger partial charge in [0.05, 0.1) is 35.7 Å². The zero-order chi connectivity index (χ0) is 19.3. The Bertz CT molecular complexity index is 1020. The molecule has 2 aliphatic heterocycles. The number of rotatable bonds is 2. The highest BCUT2D eigenvalue weighted by atomic mass is 35.5. The van der Waals surface area contributed by atoms with Gasteiger partial charge in [0, 0.05) is 24.5 Å². The number of H-pyrrole nitrogens is 1. The number of aromatic nitrogens is 4. The van der Waals surface area contributed by atoms with Gasteiger partial charge in [-0.05, 0) is 25.0 Å². The lowest BCUT2D eigenvalue weighted by atomic mass is 9.75. The molecule has 0 amide bonds. The molecule has 1 aromatic carbocycles. The molecule has 2 aromatic heterocycles. The molecule has 4 heterocycles. The lowest BCUT2D eigenvalue weighted by molar-refractivity contribution is 0.131. The number of nitrogens with one attached hydrogen (secondary N) is 1. The number of hydrogen-bond acceptors (Lipinski definition) is 6. The number of aromatic amines is 1. The summed E-state index contributed by atoms with van der Waals surface area (Å²) < 4.78 is 19.9. The summed E-state index contributed by atoms with van der Waals surface area (Å²) >= 11 is 6.18. The molecule has 2 aliphatic rings. The molecule has 0 saturated carbocycles. The third kappa shape index (κ3) is 3.35. The number of ether oxygens (including phenoxy) is 1. The highest BCUT2D eigenvalue weighted by molar-refractivity contribution is 7.59. The van der Waals surface area contributed by atoms with Crippen molar-refractivity contribution in [1.82, 2.24) is 20.2 Å². The Morgan fingerprint density at radius 2 is 2.10 bits per heavy atom. The average molecular weight is 437 g/mol. The molecule has 3 aromatic rings. The number of nitrogens with two attached hydrogens (primary N) is 1. The predicted octanol–water partition coefficient (Wildman–Crippen LogP) is 2.87. The maximum Gasteiger partial charge on any atom is 0.202 e. The van der Waals surface area contributed by atoms with Crippen molar-refractivity contribution in [1.29, 1.82) is 0 Å². The summed E-state index contributed by atoms with van der Waals surface area (Å²) in [5, 5.41) is 7.36. The van der Waals surface area contributed by atoms with E-state index in [2.05, 4.69) is 25.1 Å². The second-order valence-corrected chi connectivity index (χ2v) is 7.97. The summed E-state index contributed by atoms with van der Waals surface area (Å²) in [4.78, 5) is 11.3. The second kappa shape index (κ2) is 7.71. The minimum atomic E-state index is -0.430. The van der Waals surface area contributed by atoms with Crippen molar-refractivity contribution in [2.24, 2.45) is 11.1 Å². The largest absolute Gasteiger partial charge is 0.379 e. The molecular formula is C19H22ClFN6OS. The normalized spacial score (nSPS) is 20.9. The molecule has 1 atom stereocenters. The van der Waals surface area contributed by atoms with Gasteiger partial charge in [-0.3, -0.25) is 5.10 Å². The van der Waals surface area contributed by atoms with E-state index in [-0.39, 0.29) is 30.5 Å². The molecule has 10 heteroatoms. The summed E-state index contributed by atoms with van der Waals surface area (Å²) in [5.74, 6) is 0.327. The van der Waals surface area contributed by atoms with Crippen LogP contribution in [0.25, 0.3) is 22.4 Å². The maximum absolute atomic E-state index is 14.3. The van der Waals surface area contributed by atoms with E-state index >= 15 is 0 Å². The summed E-state index contributed by atoms with van der Waals surface area (Å²) in [6, 6.07) is 4.66. The monoisotopic (exact) mass is 436 g/mol. The SMILES string of the molecule is N[C@@H]1COCC12CCN(c1cnc3c(-c4c(F)cccc4Cl)[nH]nc3n1)CC2.S. The number of benzene rings is 1. The van der Waals surface area contributed by atoms with Crippen LogP contribution in [0.15, 0.2) is 24.4 Å². The van der Waals surface area contributed by atoms with E-state index in [9.17, 15) is 4.39 Å². The van der Waals surface area contributed by atoms with Crippen LogP contribution in [0.3, 0.4) is 0 Å². The van der Waals surface area contributed by atoms with Crippen LogP contribution >= 0.6 is 25.1 Å². The van der Waals surface area contributed by atoms with Gasteiger partial charge in [0.25, 0.3) is 0 Å². The van der Waals surface area contributed by atoms with Crippen LogP contribution in [0.5, 0.6) is 0 Å². The Morgan fingerprint density at radius 3 is 2.79 bits per heavy atom. The standard InChI is InChI=1S/C19H20ClFN6O.H2S/c20-11-2-1-3-12(21)15(11)16-17-18(26-25-16)24-14(8-23-17)27-6-4-19(5-7-27)10-28-9-13(19)22;/h1-3,8,13H,4-7,9-10,22H2,(H,24,25,26);1H2/t13-;/m1./s1. The van der Waals surface area contributed by atoms with Crippen molar-refractivity contribution in [3.63, 3.8) is 0 Å². The molecule has 2 fully saturated rings. The van der Waals surface area contributed by atoms with Gasteiger partial charge >= 0.3 is 0 Å². The molecule has 0 unspecified atom stereocenters. The molecular weight excluding hydrogens is 415 g/mol. The first-order valence-corrected chi connectivity index (χ1v) is 9.69. The third-order valence-corrected chi connectivity index (χ3v) is 6.34. The van der Waals surface area contributed by atoms with Gasteiger partial charge in [-0.1, -0.05) is 17.7 Å². The number of fused-ring (bicyclic) bond motifs is 1. The molecule has 0 aliphatic carbocycles. The number of hydrogen-bond donors (Lipinski definition) is 2. The van der Waals surface area contributed by atoms with E-state index in [0.717, 1.165) is 38.4 Å². The van der Waals surface area contributed by atoms with Gasteiger partial charge in [0.15, 0.2) is 0 Å². The summed E-state index contributed by atoms with van der Waals surface area (Å²) in [7, 11) is 0. The fourth-order valence-electron chi connectivity index (χ4n) is 4.22. The lowest BCUT2D eigenvalue weighted by Crippen LogP contribution is -2.49. The molecule has 0 bridgehead atoms. The highest BCUT2D eigenvalue weighted by Gasteiger charge is 2.44. The molecule has 7 nitrogen and oxygen atoms in total. The fraction of sp³-hybridized carbons (Fsp3) is 0.421. The van der Waals surface area contributed by atoms with E-state index in [4.69, 9.17) is 22.1 Å². The van der Waals surface area contributed by atoms with Crippen LogP contribution in [0.1, 0.15) is 12.8 Å². The molecule has 1 spiro atoms. The number of anilines is 1. The van der Waals surface area contributed by atoms with Gasteiger partial charge in [-0.25, -0.2) is 14.4 Å². The Morgan fingerprint density at radius 1 is 1.31 bits per heavy atom.